The lowest BCUT2D eigenvalue weighted by Gasteiger charge is -2.16. The number of aliphatic carboxylic acids is 2. The Labute approximate surface area is 123 Å². The minimum atomic E-state index is -0.959. The average molecular weight is 306 g/mol. The summed E-state index contributed by atoms with van der Waals surface area (Å²) < 4.78 is 8.60. The smallest absolute Gasteiger partial charge is 0.309 e. The number of hydrogen-bond donors (Lipinski definition) is 2. The van der Waals surface area contributed by atoms with Crippen LogP contribution in [0.15, 0.2) is 0 Å². The van der Waals surface area contributed by atoms with Crippen LogP contribution in [0.4, 0.5) is 0 Å². The zero-order valence-electron chi connectivity index (χ0n) is 12.7. The van der Waals surface area contributed by atoms with Crippen LogP contribution in [-0.2, 0) is 28.7 Å². The van der Waals surface area contributed by atoms with Gasteiger partial charge >= 0.3 is 23.9 Å². The maximum Gasteiger partial charge on any atom is 0.309 e. The maximum atomic E-state index is 10.4. The highest BCUT2D eigenvalue weighted by Gasteiger charge is 2.27. The number of carboxylic acid groups (broad SMARTS) is 2. The number of ether oxygens (including phenoxy) is 2. The molecule has 21 heavy (non-hydrogen) atoms. The predicted octanol–water partition coefficient (Wildman–Crippen LogP) is 1.07. The lowest BCUT2D eigenvalue weighted by Crippen LogP contribution is -2.24. The van der Waals surface area contributed by atoms with E-state index in [4.69, 9.17) is 10.2 Å². The van der Waals surface area contributed by atoms with Gasteiger partial charge in [0, 0.05) is 6.42 Å². The normalized spacial score (nSPS) is 9.90. The zero-order chi connectivity index (χ0) is 17.1. The van der Waals surface area contributed by atoms with Crippen molar-refractivity contribution < 1.29 is 38.9 Å². The van der Waals surface area contributed by atoms with Crippen molar-refractivity contribution in [2.24, 2.45) is 5.41 Å². The third-order valence-electron chi connectivity index (χ3n) is 2.53. The van der Waals surface area contributed by atoms with Crippen LogP contribution in [0.25, 0.3) is 0 Å². The molecule has 0 aromatic heterocycles. The molecule has 0 aliphatic heterocycles. The van der Waals surface area contributed by atoms with Gasteiger partial charge in [-0.3, -0.25) is 19.2 Å². The molecule has 122 valence electrons. The summed E-state index contributed by atoms with van der Waals surface area (Å²) in [6.07, 6.45) is 0.239. The molecule has 0 aliphatic rings. The molecular weight excluding hydrogens is 284 g/mol. The van der Waals surface area contributed by atoms with Crippen molar-refractivity contribution in [3.8, 4) is 0 Å². The van der Waals surface area contributed by atoms with E-state index in [2.05, 4.69) is 9.47 Å². The molecule has 0 rings (SSSR count). The van der Waals surface area contributed by atoms with Crippen LogP contribution < -0.4 is 0 Å². The average Bonchev–Trinajstić information content (AvgIpc) is 2.42. The predicted molar refractivity (Wildman–Crippen MR) is 71.6 cm³/mol. The van der Waals surface area contributed by atoms with Crippen molar-refractivity contribution in [2.45, 2.75) is 39.5 Å². The molecule has 0 aromatic rings. The van der Waals surface area contributed by atoms with E-state index in [-0.39, 0.29) is 25.7 Å². The van der Waals surface area contributed by atoms with Crippen LogP contribution in [0.5, 0.6) is 0 Å². The number of carbonyl (C=O) groups is 4. The highest BCUT2D eigenvalue weighted by molar-refractivity contribution is 5.77. The second kappa shape index (κ2) is 10.6. The van der Waals surface area contributed by atoms with E-state index in [9.17, 15) is 19.2 Å². The highest BCUT2D eigenvalue weighted by Crippen LogP contribution is 2.21. The molecule has 0 atom stereocenters. The van der Waals surface area contributed by atoms with Gasteiger partial charge in [0.05, 0.1) is 32.5 Å². The molecular formula is C13H22O8. The number of carbonyl (C=O) groups excluding carboxylic acids is 2. The first-order chi connectivity index (χ1) is 9.56. The Balaban J connectivity index is 0. The fraction of sp³-hybridized carbons (Fsp3) is 0.692. The standard InChI is InChI=1S/C7H12O4.C6H10O4/c1-7(2,6(10)11)4-3-5(8)9;1-9-5(7)3-4-6(8)10-2/h3-4H2,1-2H3,(H,8,9)(H,10,11);3-4H2,1-2H3. The van der Waals surface area contributed by atoms with Crippen molar-refractivity contribution in [2.75, 3.05) is 14.2 Å². The first-order valence-electron chi connectivity index (χ1n) is 6.15. The third kappa shape index (κ3) is 12.6. The fourth-order valence-electron chi connectivity index (χ4n) is 0.935. The van der Waals surface area contributed by atoms with Gasteiger partial charge in [-0.05, 0) is 20.3 Å². The van der Waals surface area contributed by atoms with E-state index in [1.807, 2.05) is 0 Å². The van der Waals surface area contributed by atoms with Gasteiger partial charge in [-0.15, -0.1) is 0 Å². The topological polar surface area (TPSA) is 127 Å². The van der Waals surface area contributed by atoms with Gasteiger partial charge in [0.15, 0.2) is 0 Å². The Morgan fingerprint density at radius 2 is 1.24 bits per heavy atom. The Hall–Kier alpha value is -2.12. The van der Waals surface area contributed by atoms with E-state index in [1.54, 1.807) is 0 Å². The summed E-state index contributed by atoms with van der Waals surface area (Å²) in [5.74, 6) is -2.71. The number of methoxy groups -OCH3 is 2. The lowest BCUT2D eigenvalue weighted by molar-refractivity contribution is -0.148. The molecule has 0 spiro atoms. The van der Waals surface area contributed by atoms with Gasteiger partial charge < -0.3 is 19.7 Å². The molecule has 0 aliphatic carbocycles. The number of rotatable bonds is 7. The van der Waals surface area contributed by atoms with Gasteiger partial charge in [-0.25, -0.2) is 0 Å². The van der Waals surface area contributed by atoms with E-state index in [1.165, 1.54) is 28.1 Å². The number of esters is 2. The first-order valence-corrected chi connectivity index (χ1v) is 6.15. The summed E-state index contributed by atoms with van der Waals surface area (Å²) in [5, 5.41) is 16.8. The van der Waals surface area contributed by atoms with Crippen LogP contribution in [0.1, 0.15) is 39.5 Å². The Morgan fingerprint density at radius 3 is 1.48 bits per heavy atom. The molecule has 8 heteroatoms. The van der Waals surface area contributed by atoms with Crippen molar-refractivity contribution in [3.63, 3.8) is 0 Å². The van der Waals surface area contributed by atoms with Crippen LogP contribution in [-0.4, -0.2) is 48.3 Å². The van der Waals surface area contributed by atoms with Crippen molar-refractivity contribution in [3.05, 3.63) is 0 Å². The zero-order valence-corrected chi connectivity index (χ0v) is 12.7. The second-order valence-corrected chi connectivity index (χ2v) is 4.74. The van der Waals surface area contributed by atoms with E-state index < -0.39 is 29.3 Å². The molecule has 0 fully saturated rings. The third-order valence-corrected chi connectivity index (χ3v) is 2.53. The van der Waals surface area contributed by atoms with Crippen molar-refractivity contribution in [1.29, 1.82) is 0 Å². The van der Waals surface area contributed by atoms with Crippen LogP contribution >= 0.6 is 0 Å². The number of hydrogen-bond acceptors (Lipinski definition) is 6. The van der Waals surface area contributed by atoms with Crippen molar-refractivity contribution in [1.82, 2.24) is 0 Å². The Morgan fingerprint density at radius 1 is 0.857 bits per heavy atom. The van der Waals surface area contributed by atoms with Gasteiger partial charge in [-0.1, -0.05) is 0 Å². The molecule has 0 amide bonds. The lowest BCUT2D eigenvalue weighted by atomic mass is 9.88. The van der Waals surface area contributed by atoms with E-state index >= 15 is 0 Å². The molecule has 0 aromatic carbocycles. The molecule has 0 radical (unpaired) electrons. The fourth-order valence-corrected chi connectivity index (χ4v) is 0.935. The molecule has 0 unspecified atom stereocenters. The number of carboxylic acids is 2. The summed E-state index contributed by atoms with van der Waals surface area (Å²) in [6.45, 7) is 3.02. The summed E-state index contributed by atoms with van der Waals surface area (Å²) in [5.41, 5.74) is -0.932. The second-order valence-electron chi connectivity index (χ2n) is 4.74. The minimum absolute atomic E-state index is 0.0865. The molecule has 0 saturated carbocycles. The largest absolute Gasteiger partial charge is 0.481 e. The SMILES string of the molecule is CC(C)(CCC(=O)O)C(=O)O.COC(=O)CCC(=O)OC. The molecule has 0 bridgehead atoms. The van der Waals surface area contributed by atoms with Crippen molar-refractivity contribution >= 4 is 23.9 Å². The summed E-state index contributed by atoms with van der Waals surface area (Å²) in [7, 11) is 2.55. The monoisotopic (exact) mass is 306 g/mol. The summed E-state index contributed by atoms with van der Waals surface area (Å²) in [4.78, 5) is 41.3. The Bertz CT molecular complexity index is 356. The van der Waals surface area contributed by atoms with E-state index in [0.717, 1.165) is 0 Å². The molecule has 0 heterocycles. The van der Waals surface area contributed by atoms with Gasteiger partial charge in [0.2, 0.25) is 0 Å². The first kappa shape index (κ1) is 21.2. The summed E-state index contributed by atoms with van der Waals surface area (Å²) in [6, 6.07) is 0. The molecule has 0 saturated heterocycles. The Kier molecular flexibility index (Phi) is 10.7. The van der Waals surface area contributed by atoms with Crippen LogP contribution in [0.2, 0.25) is 0 Å². The van der Waals surface area contributed by atoms with E-state index in [0.29, 0.717) is 0 Å². The van der Waals surface area contributed by atoms with Gasteiger partial charge in [-0.2, -0.15) is 0 Å². The maximum absolute atomic E-state index is 10.4. The highest BCUT2D eigenvalue weighted by atomic mass is 16.5. The molecule has 2 N–H and O–H groups in total. The van der Waals surface area contributed by atoms with Gasteiger partial charge in [0.1, 0.15) is 0 Å². The quantitative estimate of drug-likeness (QED) is 0.669. The van der Waals surface area contributed by atoms with Crippen LogP contribution in [0, 0.1) is 5.41 Å². The minimum Gasteiger partial charge on any atom is -0.481 e. The molecule has 8 nitrogen and oxygen atoms in total. The van der Waals surface area contributed by atoms with Crippen LogP contribution in [0.3, 0.4) is 0 Å². The van der Waals surface area contributed by atoms with Gasteiger partial charge in [0.25, 0.3) is 0 Å². The summed E-state index contributed by atoms with van der Waals surface area (Å²) >= 11 is 0.